The maximum Gasteiger partial charge on any atom is 0.237 e. The number of carbonyl (C=O) groups is 1. The molecule has 0 radical (unpaired) electrons. The number of alkyl halides is 1. The van der Waals surface area contributed by atoms with Gasteiger partial charge >= 0.3 is 0 Å². The summed E-state index contributed by atoms with van der Waals surface area (Å²) in [4.78, 5) is 14.0. The summed E-state index contributed by atoms with van der Waals surface area (Å²) in [7, 11) is 0. The highest BCUT2D eigenvalue weighted by Gasteiger charge is 2.28. The lowest BCUT2D eigenvalue weighted by Crippen LogP contribution is -2.34. The summed E-state index contributed by atoms with van der Waals surface area (Å²) in [5, 5.41) is 0. The largest absolute Gasteiger partial charge is 0.368 e. The molecule has 0 aliphatic carbocycles. The molecule has 1 heterocycles. The Hall–Kier alpha value is -0.680. The Kier molecular flexibility index (Phi) is 2.69. The first kappa shape index (κ1) is 9.86. The van der Waals surface area contributed by atoms with E-state index < -0.39 is 0 Å². The maximum atomic E-state index is 10.9. The second kappa shape index (κ2) is 3.82. The van der Waals surface area contributed by atoms with E-state index in [1.54, 1.807) is 11.8 Å². The van der Waals surface area contributed by atoms with Gasteiger partial charge in [0, 0.05) is 4.90 Å². The minimum atomic E-state index is -0.313. The number of benzene rings is 1. The molecule has 2 N–H and O–H groups in total. The quantitative estimate of drug-likeness (QED) is 0.659. The second-order valence-corrected chi connectivity index (χ2v) is 5.57. The SMILES string of the molecule is NC(=O)CN1c2ccccc2SC1Br. The number of carbonyl (C=O) groups excluding carboxylic acids is 1. The Morgan fingerprint density at radius 1 is 1.57 bits per heavy atom. The summed E-state index contributed by atoms with van der Waals surface area (Å²) in [6.07, 6.45) is 0. The van der Waals surface area contributed by atoms with Crippen molar-refractivity contribution in [2.24, 2.45) is 5.73 Å². The number of nitrogens with two attached hydrogens (primary N) is 1. The Morgan fingerprint density at radius 2 is 2.29 bits per heavy atom. The number of rotatable bonds is 2. The number of nitrogens with zero attached hydrogens (tertiary/aromatic N) is 1. The van der Waals surface area contributed by atoms with Crippen LogP contribution in [0.3, 0.4) is 0 Å². The van der Waals surface area contributed by atoms with Gasteiger partial charge in [0.2, 0.25) is 5.91 Å². The standard InChI is InChI=1S/C9H9BrN2OS/c10-9-12(5-8(11)13)6-3-1-2-4-7(6)14-9/h1-4,9H,5H2,(H2,11,13). The molecule has 2 rings (SSSR count). The third-order valence-corrected chi connectivity index (χ3v) is 4.07. The van der Waals surface area contributed by atoms with Gasteiger partial charge in [-0.2, -0.15) is 0 Å². The van der Waals surface area contributed by atoms with E-state index >= 15 is 0 Å². The number of hydrogen-bond acceptors (Lipinski definition) is 3. The molecule has 14 heavy (non-hydrogen) atoms. The molecule has 0 bridgehead atoms. The van der Waals surface area contributed by atoms with Crippen molar-refractivity contribution in [3.8, 4) is 0 Å². The van der Waals surface area contributed by atoms with Gasteiger partial charge in [0.05, 0.1) is 12.2 Å². The normalized spacial score (nSPS) is 19.5. The first-order chi connectivity index (χ1) is 6.68. The minimum absolute atomic E-state index is 0.104. The fourth-order valence-electron chi connectivity index (χ4n) is 1.40. The molecule has 1 unspecified atom stereocenters. The number of amides is 1. The van der Waals surface area contributed by atoms with Gasteiger partial charge in [-0.15, -0.1) is 0 Å². The highest BCUT2D eigenvalue weighted by molar-refractivity contribution is 9.11. The molecule has 3 nitrogen and oxygen atoms in total. The Bertz CT molecular complexity index is 372. The number of anilines is 1. The summed E-state index contributed by atoms with van der Waals surface area (Å²) in [6, 6.07) is 7.97. The van der Waals surface area contributed by atoms with Crippen molar-refractivity contribution in [3.05, 3.63) is 24.3 Å². The van der Waals surface area contributed by atoms with E-state index in [-0.39, 0.29) is 16.7 Å². The fraction of sp³-hybridized carbons (Fsp3) is 0.222. The van der Waals surface area contributed by atoms with Crippen LogP contribution in [-0.4, -0.2) is 16.7 Å². The van der Waals surface area contributed by atoms with Crippen molar-refractivity contribution in [2.45, 2.75) is 9.18 Å². The van der Waals surface area contributed by atoms with Gasteiger partial charge in [-0.3, -0.25) is 4.79 Å². The number of para-hydroxylation sites is 1. The number of fused-ring (bicyclic) bond motifs is 1. The number of primary amides is 1. The van der Waals surface area contributed by atoms with E-state index in [1.165, 1.54) is 4.90 Å². The zero-order valence-electron chi connectivity index (χ0n) is 7.31. The summed E-state index contributed by atoms with van der Waals surface area (Å²) in [5.74, 6) is -0.313. The molecule has 0 fully saturated rings. The lowest BCUT2D eigenvalue weighted by atomic mass is 10.3. The average molecular weight is 273 g/mol. The van der Waals surface area contributed by atoms with Crippen molar-refractivity contribution in [2.75, 3.05) is 11.4 Å². The van der Waals surface area contributed by atoms with E-state index in [9.17, 15) is 4.79 Å². The predicted molar refractivity (Wildman–Crippen MR) is 61.6 cm³/mol. The Labute approximate surface area is 94.8 Å². The zero-order valence-corrected chi connectivity index (χ0v) is 9.72. The van der Waals surface area contributed by atoms with E-state index in [1.807, 2.05) is 29.2 Å². The molecule has 5 heteroatoms. The summed E-state index contributed by atoms with van der Waals surface area (Å²) in [5.41, 5.74) is 6.25. The van der Waals surface area contributed by atoms with E-state index in [2.05, 4.69) is 15.9 Å². The van der Waals surface area contributed by atoms with Crippen LogP contribution in [0, 0.1) is 0 Å². The fourth-order valence-corrected chi connectivity index (χ4v) is 3.35. The van der Waals surface area contributed by atoms with Gasteiger partial charge in [0.15, 0.2) is 0 Å². The molecule has 1 aromatic carbocycles. The van der Waals surface area contributed by atoms with Crippen molar-refractivity contribution < 1.29 is 4.79 Å². The molecule has 1 atom stereocenters. The summed E-state index contributed by atoms with van der Waals surface area (Å²) in [6.45, 7) is 0.250. The van der Waals surface area contributed by atoms with Crippen LogP contribution in [0.1, 0.15) is 0 Å². The van der Waals surface area contributed by atoms with Crippen LogP contribution >= 0.6 is 27.7 Å². The predicted octanol–water partition coefficient (Wildman–Crippen LogP) is 1.76. The van der Waals surface area contributed by atoms with Crippen molar-refractivity contribution in [1.82, 2.24) is 0 Å². The van der Waals surface area contributed by atoms with Crippen LogP contribution in [0.2, 0.25) is 0 Å². The van der Waals surface area contributed by atoms with Gasteiger partial charge in [-0.25, -0.2) is 0 Å². The van der Waals surface area contributed by atoms with Crippen LogP contribution in [-0.2, 0) is 4.79 Å². The van der Waals surface area contributed by atoms with E-state index in [0.29, 0.717) is 0 Å². The average Bonchev–Trinajstić information content (AvgIpc) is 2.43. The van der Waals surface area contributed by atoms with E-state index in [0.717, 1.165) is 5.69 Å². The van der Waals surface area contributed by atoms with Gasteiger partial charge < -0.3 is 10.6 Å². The van der Waals surface area contributed by atoms with Gasteiger partial charge in [-0.1, -0.05) is 39.8 Å². The second-order valence-electron chi connectivity index (χ2n) is 2.97. The third-order valence-electron chi connectivity index (χ3n) is 1.97. The molecular formula is C9H9BrN2OS. The molecular weight excluding hydrogens is 264 g/mol. The molecule has 0 saturated carbocycles. The lowest BCUT2D eigenvalue weighted by molar-refractivity contribution is -0.116. The van der Waals surface area contributed by atoms with Crippen LogP contribution in [0.15, 0.2) is 29.2 Å². The van der Waals surface area contributed by atoms with Gasteiger partial charge in [-0.05, 0) is 12.1 Å². The van der Waals surface area contributed by atoms with Crippen LogP contribution < -0.4 is 10.6 Å². The van der Waals surface area contributed by atoms with Crippen molar-refractivity contribution in [3.63, 3.8) is 0 Å². The van der Waals surface area contributed by atoms with Gasteiger partial charge in [0.25, 0.3) is 0 Å². The molecule has 1 aromatic rings. The summed E-state index contributed by atoms with van der Waals surface area (Å²) < 4.78 is 0.104. The highest BCUT2D eigenvalue weighted by atomic mass is 79.9. The number of thioether (sulfide) groups is 1. The molecule has 1 amide bonds. The Morgan fingerprint density at radius 3 is 3.00 bits per heavy atom. The van der Waals surface area contributed by atoms with Crippen LogP contribution in [0.5, 0.6) is 0 Å². The molecule has 0 spiro atoms. The third kappa shape index (κ3) is 1.74. The molecule has 1 aliphatic heterocycles. The van der Waals surface area contributed by atoms with Crippen LogP contribution in [0.4, 0.5) is 5.69 Å². The first-order valence-electron chi connectivity index (χ1n) is 4.13. The Balaban J connectivity index is 2.30. The zero-order chi connectivity index (χ0) is 10.1. The number of hydrogen-bond donors (Lipinski definition) is 1. The molecule has 0 aromatic heterocycles. The monoisotopic (exact) mass is 272 g/mol. The topological polar surface area (TPSA) is 46.3 Å². The minimum Gasteiger partial charge on any atom is -0.368 e. The first-order valence-corrected chi connectivity index (χ1v) is 5.93. The smallest absolute Gasteiger partial charge is 0.237 e. The summed E-state index contributed by atoms with van der Waals surface area (Å²) >= 11 is 5.17. The van der Waals surface area contributed by atoms with Crippen LogP contribution in [0.25, 0.3) is 0 Å². The molecule has 1 aliphatic rings. The number of halogens is 1. The van der Waals surface area contributed by atoms with Gasteiger partial charge in [0.1, 0.15) is 4.28 Å². The maximum absolute atomic E-state index is 10.9. The highest BCUT2D eigenvalue weighted by Crippen LogP contribution is 2.45. The molecule has 74 valence electrons. The lowest BCUT2D eigenvalue weighted by Gasteiger charge is -2.20. The van der Waals surface area contributed by atoms with E-state index in [4.69, 9.17) is 5.73 Å². The van der Waals surface area contributed by atoms with Crippen molar-refractivity contribution in [1.29, 1.82) is 0 Å². The van der Waals surface area contributed by atoms with Crippen molar-refractivity contribution >= 4 is 39.3 Å². The molecule has 0 saturated heterocycles.